The van der Waals surface area contributed by atoms with Crippen LogP contribution in [0.5, 0.6) is 0 Å². The topological polar surface area (TPSA) is 73.6 Å². The molecular weight excluding hydrogens is 398 g/mol. The summed E-state index contributed by atoms with van der Waals surface area (Å²) in [6.07, 6.45) is 4.00. The van der Waals surface area contributed by atoms with E-state index in [1.54, 1.807) is 17.6 Å². The lowest BCUT2D eigenvalue weighted by atomic mass is 10.1. The van der Waals surface area contributed by atoms with Crippen molar-refractivity contribution in [3.8, 4) is 0 Å². The number of fused-ring (bicyclic) bond motifs is 1. The van der Waals surface area contributed by atoms with Gasteiger partial charge in [-0.2, -0.15) is 12.6 Å². The van der Waals surface area contributed by atoms with E-state index in [4.69, 9.17) is 10.2 Å². The maximum Gasteiger partial charge on any atom is 0.274 e. The molecule has 1 amide bonds. The Balaban J connectivity index is 1.52. The van der Waals surface area contributed by atoms with E-state index in [-0.39, 0.29) is 0 Å². The summed E-state index contributed by atoms with van der Waals surface area (Å²) in [5.74, 6) is 0.267. The van der Waals surface area contributed by atoms with Gasteiger partial charge in [0.15, 0.2) is 0 Å². The predicted octanol–water partition coefficient (Wildman–Crippen LogP) is 2.99. The summed E-state index contributed by atoms with van der Waals surface area (Å²) in [4.78, 5) is 21.0. The lowest BCUT2D eigenvalue weighted by Crippen LogP contribution is -2.56. The number of amides is 1. The van der Waals surface area contributed by atoms with Crippen LogP contribution in [0, 0.1) is 0 Å². The zero-order valence-corrected chi connectivity index (χ0v) is 18.1. The first-order chi connectivity index (χ1) is 14.5. The van der Waals surface area contributed by atoms with Gasteiger partial charge in [-0.25, -0.2) is 10.5 Å². The maximum absolute atomic E-state index is 11.5. The zero-order chi connectivity index (χ0) is 21.3. The minimum atomic E-state index is -0.513. The molecule has 30 heavy (non-hydrogen) atoms. The van der Waals surface area contributed by atoms with E-state index in [2.05, 4.69) is 53.0 Å². The largest absolute Gasteiger partial charge is 0.367 e. The normalized spacial score (nSPS) is 19.9. The fraction of sp³-hybridized carbons (Fsp3) is 0.364. The van der Waals surface area contributed by atoms with Gasteiger partial charge in [0.25, 0.3) is 5.91 Å². The van der Waals surface area contributed by atoms with Crippen molar-refractivity contribution in [2.45, 2.75) is 32.5 Å². The number of carbonyl (C=O) groups excluding carboxylic acids is 1. The third-order valence-electron chi connectivity index (χ3n) is 5.89. The number of aromatic nitrogens is 2. The van der Waals surface area contributed by atoms with Crippen molar-refractivity contribution in [2.24, 2.45) is 0 Å². The van der Waals surface area contributed by atoms with Crippen LogP contribution < -0.4 is 10.4 Å². The molecule has 0 unspecified atom stereocenters. The Kier molecular flexibility index (Phi) is 5.99. The highest BCUT2D eigenvalue weighted by atomic mass is 32.1. The fourth-order valence-electron chi connectivity index (χ4n) is 4.24. The molecule has 0 bridgehead atoms. The van der Waals surface area contributed by atoms with Crippen LogP contribution >= 0.6 is 12.6 Å². The molecule has 1 aliphatic heterocycles. The number of hydrogen-bond donors (Lipinski definition) is 3. The number of pyridine rings is 1. The van der Waals surface area contributed by atoms with Crippen LogP contribution in [0.4, 0.5) is 5.69 Å². The molecule has 2 atom stereocenters. The van der Waals surface area contributed by atoms with Gasteiger partial charge in [0.05, 0.1) is 11.9 Å². The predicted molar refractivity (Wildman–Crippen MR) is 121 cm³/mol. The second kappa shape index (κ2) is 8.67. The molecule has 1 aliphatic rings. The van der Waals surface area contributed by atoms with E-state index in [1.807, 2.05) is 24.5 Å². The molecule has 0 spiro atoms. The standard InChI is InChI=1S/C22H27N5O2S/c1-15-11-26(12-16(2)27(15)14-30)20-9-19-7-8-25(21(19)23-10-20)13-17-3-5-18(6-4-17)22(28)24-29/h3-10,15-16,29-30H,11-14H2,1-2H3,(H,24,28)/t15-,16+. The van der Waals surface area contributed by atoms with Crippen LogP contribution in [0.2, 0.25) is 0 Å². The molecule has 3 aromatic rings. The number of rotatable bonds is 5. The highest BCUT2D eigenvalue weighted by Gasteiger charge is 2.28. The van der Waals surface area contributed by atoms with Gasteiger partial charge in [-0.3, -0.25) is 14.9 Å². The van der Waals surface area contributed by atoms with Crippen molar-refractivity contribution < 1.29 is 10.0 Å². The summed E-state index contributed by atoms with van der Waals surface area (Å²) in [6, 6.07) is 12.4. The quantitative estimate of drug-likeness (QED) is 0.333. The Morgan fingerprint density at radius 3 is 2.53 bits per heavy atom. The van der Waals surface area contributed by atoms with Crippen molar-refractivity contribution in [3.63, 3.8) is 0 Å². The van der Waals surface area contributed by atoms with Gasteiger partial charge in [-0.05, 0) is 43.7 Å². The first kappa shape index (κ1) is 20.7. The molecule has 8 heteroatoms. The first-order valence-electron chi connectivity index (χ1n) is 10.1. The number of carbonyl (C=O) groups is 1. The average molecular weight is 426 g/mol. The van der Waals surface area contributed by atoms with Crippen molar-refractivity contribution in [2.75, 3.05) is 23.9 Å². The van der Waals surface area contributed by atoms with Crippen molar-refractivity contribution in [1.82, 2.24) is 19.9 Å². The van der Waals surface area contributed by atoms with Crippen LogP contribution in [0.1, 0.15) is 29.8 Å². The number of nitrogens with zero attached hydrogens (tertiary/aromatic N) is 4. The Hall–Kier alpha value is -2.55. The number of anilines is 1. The average Bonchev–Trinajstić information content (AvgIpc) is 3.15. The molecular formula is C22H27N5O2S. The Morgan fingerprint density at radius 2 is 1.90 bits per heavy atom. The van der Waals surface area contributed by atoms with Gasteiger partial charge >= 0.3 is 0 Å². The van der Waals surface area contributed by atoms with E-state index in [0.29, 0.717) is 24.2 Å². The molecule has 4 rings (SSSR count). The summed E-state index contributed by atoms with van der Waals surface area (Å²) in [5.41, 5.74) is 5.21. The molecule has 1 saturated heterocycles. The van der Waals surface area contributed by atoms with E-state index < -0.39 is 5.91 Å². The maximum atomic E-state index is 11.5. The summed E-state index contributed by atoms with van der Waals surface area (Å²) >= 11 is 4.47. The van der Waals surface area contributed by atoms with Gasteiger partial charge in [0.1, 0.15) is 5.65 Å². The number of hydrogen-bond acceptors (Lipinski definition) is 6. The highest BCUT2D eigenvalue weighted by Crippen LogP contribution is 2.26. The fourth-order valence-corrected chi connectivity index (χ4v) is 4.79. The van der Waals surface area contributed by atoms with Gasteiger partial charge in [-0.15, -0.1) is 0 Å². The molecule has 7 nitrogen and oxygen atoms in total. The molecule has 2 N–H and O–H groups in total. The van der Waals surface area contributed by atoms with Crippen LogP contribution in [-0.2, 0) is 6.54 Å². The summed E-state index contributed by atoms with van der Waals surface area (Å²) in [5, 5.41) is 9.85. The number of hydroxylamine groups is 1. The van der Waals surface area contributed by atoms with E-state index in [1.165, 1.54) is 0 Å². The van der Waals surface area contributed by atoms with Gasteiger partial charge in [-0.1, -0.05) is 12.1 Å². The minimum absolute atomic E-state index is 0.419. The highest BCUT2D eigenvalue weighted by molar-refractivity contribution is 7.80. The van der Waals surface area contributed by atoms with Gasteiger partial charge in [0.2, 0.25) is 0 Å². The summed E-state index contributed by atoms with van der Waals surface area (Å²) in [7, 11) is 0. The summed E-state index contributed by atoms with van der Waals surface area (Å²) in [6.45, 7) is 7.08. The number of benzene rings is 1. The smallest absolute Gasteiger partial charge is 0.274 e. The Morgan fingerprint density at radius 1 is 1.20 bits per heavy atom. The van der Waals surface area contributed by atoms with Crippen molar-refractivity contribution >= 4 is 35.3 Å². The van der Waals surface area contributed by atoms with Crippen LogP contribution in [-0.4, -0.2) is 56.6 Å². The molecule has 0 aliphatic carbocycles. The van der Waals surface area contributed by atoms with E-state index in [9.17, 15) is 4.79 Å². The van der Waals surface area contributed by atoms with Crippen LogP contribution in [0.3, 0.4) is 0 Å². The van der Waals surface area contributed by atoms with Crippen molar-refractivity contribution in [3.05, 3.63) is 59.9 Å². The van der Waals surface area contributed by atoms with Gasteiger partial charge in [0, 0.05) is 54.7 Å². The van der Waals surface area contributed by atoms with E-state index in [0.717, 1.165) is 41.3 Å². The second-order valence-electron chi connectivity index (χ2n) is 7.95. The Labute approximate surface area is 181 Å². The lowest BCUT2D eigenvalue weighted by molar-refractivity contribution is 0.0706. The lowest BCUT2D eigenvalue weighted by Gasteiger charge is -2.44. The molecule has 3 heterocycles. The number of piperazine rings is 1. The monoisotopic (exact) mass is 425 g/mol. The molecule has 1 fully saturated rings. The third-order valence-corrected chi connectivity index (χ3v) is 6.21. The first-order valence-corrected chi connectivity index (χ1v) is 10.7. The third kappa shape index (κ3) is 4.03. The van der Waals surface area contributed by atoms with Crippen LogP contribution in [0.15, 0.2) is 48.8 Å². The number of thiol groups is 1. The SMILES string of the molecule is C[C@@H]1CN(c2cnc3c(ccn3Cc3ccc(C(=O)NO)cc3)c2)C[C@H](C)N1CS. The summed E-state index contributed by atoms with van der Waals surface area (Å²) < 4.78 is 2.10. The molecule has 158 valence electrons. The van der Waals surface area contributed by atoms with Gasteiger partial charge < -0.3 is 9.47 Å². The molecule has 0 radical (unpaired) electrons. The second-order valence-corrected chi connectivity index (χ2v) is 8.23. The zero-order valence-electron chi connectivity index (χ0n) is 17.2. The molecule has 1 aromatic carbocycles. The minimum Gasteiger partial charge on any atom is -0.367 e. The number of nitrogens with one attached hydrogen (secondary N) is 1. The van der Waals surface area contributed by atoms with E-state index >= 15 is 0 Å². The molecule has 2 aromatic heterocycles. The molecule has 0 saturated carbocycles. The van der Waals surface area contributed by atoms with Crippen LogP contribution in [0.25, 0.3) is 11.0 Å². The van der Waals surface area contributed by atoms with Crippen molar-refractivity contribution in [1.29, 1.82) is 0 Å². The Bertz CT molecular complexity index is 1020.